The van der Waals surface area contributed by atoms with Gasteiger partial charge in [-0.2, -0.15) is 0 Å². The molecule has 0 atom stereocenters. The molecule has 2 aromatic rings. The number of nitrogens with zero attached hydrogens (tertiary/aromatic N) is 2. The summed E-state index contributed by atoms with van der Waals surface area (Å²) in [4.78, 5) is 15.5. The minimum atomic E-state index is -0.358. The molecule has 4 heteroatoms. The Morgan fingerprint density at radius 1 is 1.44 bits per heavy atom. The average Bonchev–Trinajstić information content (AvgIpc) is 2.78. The maximum atomic E-state index is 13.9. The van der Waals surface area contributed by atoms with Crippen LogP contribution in [0.4, 0.5) is 4.39 Å². The third-order valence-electron chi connectivity index (χ3n) is 2.79. The van der Waals surface area contributed by atoms with E-state index in [4.69, 9.17) is 0 Å². The van der Waals surface area contributed by atoms with E-state index in [0.29, 0.717) is 17.0 Å². The van der Waals surface area contributed by atoms with Gasteiger partial charge in [-0.25, -0.2) is 9.37 Å². The zero-order valence-corrected chi connectivity index (χ0v) is 10.5. The van der Waals surface area contributed by atoms with E-state index in [9.17, 15) is 9.18 Å². The van der Waals surface area contributed by atoms with Crippen LogP contribution in [0.25, 0.3) is 11.4 Å². The Hall–Kier alpha value is -1.97. The first-order chi connectivity index (χ1) is 8.63. The number of rotatable bonds is 4. The summed E-state index contributed by atoms with van der Waals surface area (Å²) in [5, 5.41) is 0. The summed E-state index contributed by atoms with van der Waals surface area (Å²) in [6, 6.07) is 4.37. The predicted octanol–water partition coefficient (Wildman–Crippen LogP) is 3.30. The molecule has 18 heavy (non-hydrogen) atoms. The fourth-order valence-electron chi connectivity index (χ4n) is 1.89. The summed E-state index contributed by atoms with van der Waals surface area (Å²) >= 11 is 0. The minimum Gasteiger partial charge on any atom is -0.331 e. The highest BCUT2D eigenvalue weighted by molar-refractivity contribution is 5.95. The van der Waals surface area contributed by atoms with Gasteiger partial charge in [-0.15, -0.1) is 0 Å². The third-order valence-corrected chi connectivity index (χ3v) is 2.79. The SMILES string of the molecule is CCCn1ccnc1-c1cc(C(C)=O)ccc1F. The van der Waals surface area contributed by atoms with E-state index in [-0.39, 0.29) is 11.6 Å². The molecule has 1 heterocycles. The summed E-state index contributed by atoms with van der Waals surface area (Å²) in [5.74, 6) is 0.130. The van der Waals surface area contributed by atoms with Crippen LogP contribution >= 0.6 is 0 Å². The third kappa shape index (κ3) is 2.32. The quantitative estimate of drug-likeness (QED) is 0.776. The van der Waals surface area contributed by atoms with Crippen LogP contribution in [0.3, 0.4) is 0 Å². The molecule has 0 spiro atoms. The standard InChI is InChI=1S/C14H15FN2O/c1-3-7-17-8-6-16-14(17)12-9-11(10(2)18)4-5-13(12)15/h4-6,8-9H,3,7H2,1-2H3. The molecule has 3 nitrogen and oxygen atoms in total. The van der Waals surface area contributed by atoms with Gasteiger partial charge < -0.3 is 4.57 Å². The van der Waals surface area contributed by atoms with Gasteiger partial charge in [0.05, 0.1) is 5.56 Å². The summed E-state index contributed by atoms with van der Waals surface area (Å²) in [6.07, 6.45) is 4.40. The Labute approximate surface area is 105 Å². The van der Waals surface area contributed by atoms with Crippen molar-refractivity contribution < 1.29 is 9.18 Å². The fourth-order valence-corrected chi connectivity index (χ4v) is 1.89. The van der Waals surface area contributed by atoms with Gasteiger partial charge >= 0.3 is 0 Å². The van der Waals surface area contributed by atoms with Gasteiger partial charge in [-0.3, -0.25) is 4.79 Å². The second-order valence-corrected chi connectivity index (χ2v) is 4.20. The summed E-state index contributed by atoms with van der Waals surface area (Å²) in [5.41, 5.74) is 0.874. The van der Waals surface area contributed by atoms with Crippen molar-refractivity contribution in [3.8, 4) is 11.4 Å². The molecule has 0 radical (unpaired) electrons. The normalized spacial score (nSPS) is 10.6. The van der Waals surface area contributed by atoms with Crippen molar-refractivity contribution >= 4 is 5.78 Å². The lowest BCUT2D eigenvalue weighted by Gasteiger charge is -2.08. The zero-order valence-electron chi connectivity index (χ0n) is 10.5. The molecular weight excluding hydrogens is 231 g/mol. The molecule has 0 bridgehead atoms. The van der Waals surface area contributed by atoms with Gasteiger partial charge in [0.1, 0.15) is 11.6 Å². The lowest BCUT2D eigenvalue weighted by Crippen LogP contribution is -2.01. The smallest absolute Gasteiger partial charge is 0.159 e. The second kappa shape index (κ2) is 5.12. The predicted molar refractivity (Wildman–Crippen MR) is 67.9 cm³/mol. The Kier molecular flexibility index (Phi) is 3.55. The van der Waals surface area contributed by atoms with E-state index >= 15 is 0 Å². The van der Waals surface area contributed by atoms with Crippen molar-refractivity contribution in [1.82, 2.24) is 9.55 Å². The number of ketones is 1. The highest BCUT2D eigenvalue weighted by Crippen LogP contribution is 2.23. The van der Waals surface area contributed by atoms with E-state index in [0.717, 1.165) is 13.0 Å². The largest absolute Gasteiger partial charge is 0.331 e. The highest BCUT2D eigenvalue weighted by atomic mass is 19.1. The van der Waals surface area contributed by atoms with Gasteiger partial charge in [0.15, 0.2) is 5.78 Å². The Bertz CT molecular complexity index is 575. The van der Waals surface area contributed by atoms with Crippen molar-refractivity contribution in [3.63, 3.8) is 0 Å². The number of hydrogen-bond acceptors (Lipinski definition) is 2. The Morgan fingerprint density at radius 2 is 2.22 bits per heavy atom. The topological polar surface area (TPSA) is 34.9 Å². The number of carbonyl (C=O) groups excluding carboxylic acids is 1. The first-order valence-electron chi connectivity index (χ1n) is 5.95. The lowest BCUT2D eigenvalue weighted by molar-refractivity contribution is 0.101. The molecule has 1 aromatic carbocycles. The molecule has 0 aliphatic rings. The summed E-state index contributed by atoms with van der Waals surface area (Å²) in [6.45, 7) is 4.29. The van der Waals surface area contributed by atoms with Gasteiger partial charge in [0.2, 0.25) is 0 Å². The zero-order chi connectivity index (χ0) is 13.1. The number of imidazole rings is 1. The molecule has 2 rings (SSSR count). The summed E-state index contributed by atoms with van der Waals surface area (Å²) < 4.78 is 15.7. The van der Waals surface area contributed by atoms with Crippen LogP contribution in [0.1, 0.15) is 30.6 Å². The highest BCUT2D eigenvalue weighted by Gasteiger charge is 2.13. The van der Waals surface area contributed by atoms with Crippen LogP contribution in [0.2, 0.25) is 0 Å². The Balaban J connectivity index is 2.52. The van der Waals surface area contributed by atoms with Crippen molar-refractivity contribution in [3.05, 3.63) is 42.0 Å². The summed E-state index contributed by atoms with van der Waals surface area (Å²) in [7, 11) is 0. The average molecular weight is 246 g/mol. The van der Waals surface area contributed by atoms with Crippen LogP contribution in [0, 0.1) is 5.82 Å². The minimum absolute atomic E-state index is 0.0788. The number of Topliss-reactive ketones (excluding diaryl/α,β-unsaturated/α-hetero) is 1. The van der Waals surface area contributed by atoms with Crippen LogP contribution in [0.15, 0.2) is 30.6 Å². The first-order valence-corrected chi connectivity index (χ1v) is 5.95. The van der Waals surface area contributed by atoms with E-state index in [1.807, 2.05) is 17.7 Å². The van der Waals surface area contributed by atoms with Gasteiger partial charge in [0.25, 0.3) is 0 Å². The number of benzene rings is 1. The molecule has 0 aliphatic carbocycles. The molecule has 0 unspecified atom stereocenters. The monoisotopic (exact) mass is 246 g/mol. The van der Waals surface area contributed by atoms with Gasteiger partial charge in [-0.05, 0) is 31.5 Å². The van der Waals surface area contributed by atoms with E-state index in [1.54, 1.807) is 12.3 Å². The molecular formula is C14H15FN2O. The molecule has 1 aromatic heterocycles. The number of halogens is 1. The van der Waals surface area contributed by atoms with Crippen molar-refractivity contribution in [2.45, 2.75) is 26.8 Å². The van der Waals surface area contributed by atoms with Crippen molar-refractivity contribution in [2.24, 2.45) is 0 Å². The maximum Gasteiger partial charge on any atom is 0.159 e. The number of aromatic nitrogens is 2. The Morgan fingerprint density at radius 3 is 2.89 bits per heavy atom. The van der Waals surface area contributed by atoms with Crippen LogP contribution in [-0.2, 0) is 6.54 Å². The van der Waals surface area contributed by atoms with Crippen LogP contribution in [0.5, 0.6) is 0 Å². The molecule has 0 fully saturated rings. The number of aryl methyl sites for hydroxylation is 1. The first kappa shape index (κ1) is 12.5. The van der Waals surface area contributed by atoms with Crippen LogP contribution < -0.4 is 0 Å². The fraction of sp³-hybridized carbons (Fsp3) is 0.286. The number of hydrogen-bond donors (Lipinski definition) is 0. The molecule has 0 aliphatic heterocycles. The second-order valence-electron chi connectivity index (χ2n) is 4.20. The molecule has 0 saturated heterocycles. The molecule has 0 amide bonds. The van der Waals surface area contributed by atoms with Crippen molar-refractivity contribution in [2.75, 3.05) is 0 Å². The molecule has 0 N–H and O–H groups in total. The van der Waals surface area contributed by atoms with E-state index in [2.05, 4.69) is 4.98 Å². The molecule has 94 valence electrons. The van der Waals surface area contributed by atoms with Crippen molar-refractivity contribution in [1.29, 1.82) is 0 Å². The van der Waals surface area contributed by atoms with Crippen LogP contribution in [-0.4, -0.2) is 15.3 Å². The van der Waals surface area contributed by atoms with Gasteiger partial charge in [0, 0.05) is 24.5 Å². The number of carbonyl (C=O) groups is 1. The lowest BCUT2D eigenvalue weighted by atomic mass is 10.1. The van der Waals surface area contributed by atoms with E-state index in [1.165, 1.54) is 19.1 Å². The van der Waals surface area contributed by atoms with Gasteiger partial charge in [-0.1, -0.05) is 6.92 Å². The molecule has 0 saturated carbocycles. The maximum absolute atomic E-state index is 13.9. The van der Waals surface area contributed by atoms with E-state index < -0.39 is 0 Å².